The van der Waals surface area contributed by atoms with Crippen molar-refractivity contribution >= 4 is 11.6 Å². The van der Waals surface area contributed by atoms with Crippen molar-refractivity contribution in [2.45, 2.75) is 39.7 Å². The molecule has 0 bridgehead atoms. The first kappa shape index (κ1) is 15.8. The van der Waals surface area contributed by atoms with Gasteiger partial charge in [0.25, 0.3) is 0 Å². The number of nitrogens with zero attached hydrogens (tertiary/aromatic N) is 1. The Bertz CT molecular complexity index is 501. The lowest BCUT2D eigenvalue weighted by Gasteiger charge is -2.36. The number of nitrogens with two attached hydrogens (primary N) is 1. The van der Waals surface area contributed by atoms with E-state index < -0.39 is 0 Å². The van der Waals surface area contributed by atoms with Gasteiger partial charge in [-0.2, -0.15) is 0 Å². The highest BCUT2D eigenvalue weighted by Crippen LogP contribution is 2.25. The Morgan fingerprint density at radius 3 is 2.95 bits per heavy atom. The minimum atomic E-state index is -0.362. The number of hydrogen-bond acceptors (Lipinski definition) is 3. The first-order valence-corrected chi connectivity index (χ1v) is 7.91. The predicted octanol–water partition coefficient (Wildman–Crippen LogP) is 2.63. The normalized spacial score (nSPS) is 21.0. The van der Waals surface area contributed by atoms with E-state index >= 15 is 0 Å². The van der Waals surface area contributed by atoms with Crippen molar-refractivity contribution < 1.29 is 4.79 Å². The fourth-order valence-corrected chi connectivity index (χ4v) is 3.21. The third-order valence-corrected chi connectivity index (χ3v) is 4.68. The van der Waals surface area contributed by atoms with Crippen LogP contribution in [-0.2, 0) is 0 Å². The molecule has 1 heterocycles. The highest BCUT2D eigenvalue weighted by molar-refractivity contribution is 5.95. The van der Waals surface area contributed by atoms with Gasteiger partial charge in [0.2, 0.25) is 5.91 Å². The summed E-state index contributed by atoms with van der Waals surface area (Å²) in [6.07, 6.45) is 2.53. The summed E-state index contributed by atoms with van der Waals surface area (Å²) in [6, 6.07) is 6.09. The molecule has 1 aliphatic rings. The van der Waals surface area contributed by atoms with Crippen molar-refractivity contribution in [3.05, 3.63) is 29.3 Å². The summed E-state index contributed by atoms with van der Waals surface area (Å²) >= 11 is 0. The average Bonchev–Trinajstić information content (AvgIpc) is 2.49. The lowest BCUT2D eigenvalue weighted by atomic mass is 9.91. The molecule has 3 N–H and O–H groups in total. The number of carbonyl (C=O) groups excluding carboxylic acids is 1. The molecular weight excluding hydrogens is 262 g/mol. The van der Waals surface area contributed by atoms with Crippen LogP contribution in [0.3, 0.4) is 0 Å². The van der Waals surface area contributed by atoms with Crippen molar-refractivity contribution in [3.8, 4) is 0 Å². The van der Waals surface area contributed by atoms with E-state index in [-0.39, 0.29) is 5.91 Å². The molecule has 2 rings (SSSR count). The van der Waals surface area contributed by atoms with Crippen LogP contribution in [-0.4, -0.2) is 36.5 Å². The number of amides is 1. The van der Waals surface area contributed by atoms with Crippen molar-refractivity contribution in [1.29, 1.82) is 0 Å². The van der Waals surface area contributed by atoms with Crippen LogP contribution in [0.25, 0.3) is 0 Å². The second kappa shape index (κ2) is 6.94. The van der Waals surface area contributed by atoms with Gasteiger partial charge in [-0.25, -0.2) is 0 Å². The molecule has 0 aliphatic carbocycles. The smallest absolute Gasteiger partial charge is 0.249 e. The van der Waals surface area contributed by atoms with Gasteiger partial charge in [0.05, 0.1) is 0 Å². The molecule has 0 radical (unpaired) electrons. The van der Waals surface area contributed by atoms with E-state index in [2.05, 4.69) is 24.1 Å². The molecule has 21 heavy (non-hydrogen) atoms. The fraction of sp³-hybridized carbons (Fsp3) is 0.588. The molecule has 2 unspecified atom stereocenters. The summed E-state index contributed by atoms with van der Waals surface area (Å²) in [5.74, 6) is 0.286. The minimum absolute atomic E-state index is 0.362. The lowest BCUT2D eigenvalue weighted by Crippen LogP contribution is -2.41. The van der Waals surface area contributed by atoms with Crippen LogP contribution in [0.2, 0.25) is 0 Å². The molecule has 0 saturated carbocycles. The van der Waals surface area contributed by atoms with Crippen LogP contribution in [0.4, 0.5) is 5.69 Å². The number of carbonyl (C=O) groups is 1. The predicted molar refractivity (Wildman–Crippen MR) is 87.6 cm³/mol. The summed E-state index contributed by atoms with van der Waals surface area (Å²) in [4.78, 5) is 13.9. The van der Waals surface area contributed by atoms with Crippen molar-refractivity contribution in [1.82, 2.24) is 4.90 Å². The molecule has 1 aromatic carbocycles. The summed E-state index contributed by atoms with van der Waals surface area (Å²) in [6.45, 7) is 9.91. The maximum Gasteiger partial charge on any atom is 0.249 e. The highest BCUT2D eigenvalue weighted by Gasteiger charge is 2.24. The van der Waals surface area contributed by atoms with Crippen LogP contribution < -0.4 is 11.1 Å². The van der Waals surface area contributed by atoms with Gasteiger partial charge in [0, 0.05) is 23.8 Å². The molecule has 0 aromatic heterocycles. The zero-order chi connectivity index (χ0) is 15.4. The quantitative estimate of drug-likeness (QED) is 0.876. The number of likely N-dealkylation sites (tertiary alicyclic amines) is 1. The number of primary amides is 1. The molecule has 2 atom stereocenters. The summed E-state index contributed by atoms with van der Waals surface area (Å²) in [5.41, 5.74) is 7.99. The first-order valence-electron chi connectivity index (χ1n) is 7.91. The molecule has 4 heteroatoms. The molecular formula is C17H27N3O. The number of rotatable bonds is 5. The Balaban J connectivity index is 2.07. The fourth-order valence-electron chi connectivity index (χ4n) is 3.21. The number of piperidine rings is 1. The zero-order valence-electron chi connectivity index (χ0n) is 13.4. The average molecular weight is 289 g/mol. The van der Waals surface area contributed by atoms with Gasteiger partial charge in [-0.1, -0.05) is 13.0 Å². The summed E-state index contributed by atoms with van der Waals surface area (Å²) < 4.78 is 0. The Morgan fingerprint density at radius 1 is 1.52 bits per heavy atom. The van der Waals surface area contributed by atoms with Crippen molar-refractivity contribution in [2.24, 2.45) is 11.7 Å². The SMILES string of the molecule is CCN1CCCC(C(C)Nc2cccc(C(N)=O)c2C)C1. The minimum Gasteiger partial charge on any atom is -0.382 e. The van der Waals surface area contributed by atoms with E-state index in [9.17, 15) is 4.79 Å². The summed E-state index contributed by atoms with van der Waals surface area (Å²) in [7, 11) is 0. The largest absolute Gasteiger partial charge is 0.382 e. The van der Waals surface area contributed by atoms with Gasteiger partial charge < -0.3 is 16.0 Å². The molecule has 4 nitrogen and oxygen atoms in total. The molecule has 1 amide bonds. The number of anilines is 1. The molecule has 116 valence electrons. The monoisotopic (exact) mass is 289 g/mol. The second-order valence-electron chi connectivity index (χ2n) is 6.07. The molecule has 1 aliphatic heterocycles. The molecule has 0 spiro atoms. The van der Waals surface area contributed by atoms with Crippen LogP contribution in [0.5, 0.6) is 0 Å². The van der Waals surface area contributed by atoms with Crippen LogP contribution in [0.1, 0.15) is 42.6 Å². The lowest BCUT2D eigenvalue weighted by molar-refractivity contribution is 0.0999. The number of nitrogens with one attached hydrogen (secondary N) is 1. The summed E-state index contributed by atoms with van der Waals surface area (Å²) in [5, 5.41) is 3.59. The van der Waals surface area contributed by atoms with E-state index in [1.165, 1.54) is 19.4 Å². The van der Waals surface area contributed by atoms with E-state index in [4.69, 9.17) is 5.73 Å². The van der Waals surface area contributed by atoms with Gasteiger partial charge >= 0.3 is 0 Å². The van der Waals surface area contributed by atoms with Gasteiger partial charge in [-0.3, -0.25) is 4.79 Å². The number of benzene rings is 1. The highest BCUT2D eigenvalue weighted by atomic mass is 16.1. The van der Waals surface area contributed by atoms with Gasteiger partial charge in [-0.05, 0) is 63.4 Å². The molecule has 1 saturated heterocycles. The maximum absolute atomic E-state index is 11.4. The topological polar surface area (TPSA) is 58.4 Å². The van der Waals surface area contributed by atoms with E-state index in [1.807, 2.05) is 19.1 Å². The zero-order valence-corrected chi connectivity index (χ0v) is 13.4. The Kier molecular flexibility index (Phi) is 5.23. The Hall–Kier alpha value is -1.55. The van der Waals surface area contributed by atoms with Crippen molar-refractivity contribution in [2.75, 3.05) is 25.0 Å². The van der Waals surface area contributed by atoms with E-state index in [0.29, 0.717) is 17.5 Å². The van der Waals surface area contributed by atoms with Gasteiger partial charge in [0.15, 0.2) is 0 Å². The van der Waals surface area contributed by atoms with Crippen LogP contribution >= 0.6 is 0 Å². The number of hydrogen-bond donors (Lipinski definition) is 2. The molecule has 1 fully saturated rings. The Labute approximate surface area is 127 Å². The Morgan fingerprint density at radius 2 is 2.29 bits per heavy atom. The van der Waals surface area contributed by atoms with Crippen LogP contribution in [0, 0.1) is 12.8 Å². The molecule has 1 aromatic rings. The van der Waals surface area contributed by atoms with Crippen LogP contribution in [0.15, 0.2) is 18.2 Å². The first-order chi connectivity index (χ1) is 10.0. The third-order valence-electron chi connectivity index (χ3n) is 4.68. The van der Waals surface area contributed by atoms with Gasteiger partial charge in [-0.15, -0.1) is 0 Å². The third kappa shape index (κ3) is 3.76. The van der Waals surface area contributed by atoms with E-state index in [0.717, 1.165) is 24.3 Å². The van der Waals surface area contributed by atoms with Crippen molar-refractivity contribution in [3.63, 3.8) is 0 Å². The van der Waals surface area contributed by atoms with Gasteiger partial charge in [0.1, 0.15) is 0 Å². The van der Waals surface area contributed by atoms with E-state index in [1.54, 1.807) is 6.07 Å². The maximum atomic E-state index is 11.4. The second-order valence-corrected chi connectivity index (χ2v) is 6.07. The standard InChI is InChI=1S/C17H27N3O/c1-4-20-10-6-7-14(11-20)13(3)19-16-9-5-8-15(12(16)2)17(18)21/h5,8-9,13-14,19H,4,6-7,10-11H2,1-3H3,(H2,18,21).